The second-order valence-electron chi connectivity index (χ2n) is 30.9. The fourth-order valence-corrected chi connectivity index (χ4v) is 14.1. The Morgan fingerprint density at radius 3 is 1.44 bits per heavy atom. The Kier molecular flexibility index (Phi) is 37.2. The predicted molar refractivity (Wildman–Crippen MR) is 411 cm³/mol. The Hall–Kier alpha value is -7.96. The van der Waals surface area contributed by atoms with Gasteiger partial charge >= 0.3 is 0 Å². The average molecular weight is 1570 g/mol. The number of nitrogens with one attached hydrogen (secondary N) is 7. The number of unbranched alkanes of at least 4 members (excludes halogenated alkanes) is 1. The van der Waals surface area contributed by atoms with Crippen LogP contribution in [0.25, 0.3) is 0 Å². The van der Waals surface area contributed by atoms with Crippen LogP contribution in [0.15, 0.2) is 48.5 Å². The molecule has 0 unspecified atom stereocenters. The van der Waals surface area contributed by atoms with Gasteiger partial charge in [0.25, 0.3) is 0 Å². The molecule has 0 spiro atoms. The van der Waals surface area contributed by atoms with E-state index in [1.807, 2.05) is 25.5 Å². The van der Waals surface area contributed by atoms with Crippen molar-refractivity contribution in [2.45, 2.75) is 239 Å². The third-order valence-electron chi connectivity index (χ3n) is 19.2. The quantitative estimate of drug-likeness (QED) is 0.0822. The maximum absolute atomic E-state index is 15.4. The molecular weight excluding hydrogens is 1450 g/mol. The van der Waals surface area contributed by atoms with Crippen molar-refractivity contribution in [1.29, 1.82) is 0 Å². The first-order valence-electron chi connectivity index (χ1n) is 37.6. The summed E-state index contributed by atoms with van der Waals surface area (Å²) in [6.45, 7) is 20.4. The zero-order valence-corrected chi connectivity index (χ0v) is 68.3. The molecule has 0 saturated carbocycles. The van der Waals surface area contributed by atoms with E-state index in [0.29, 0.717) is 41.8 Å². The van der Waals surface area contributed by atoms with Gasteiger partial charge in [0.15, 0.2) is 0 Å². The van der Waals surface area contributed by atoms with E-state index < -0.39 is 185 Å². The number of hydrogen-bond acceptors (Lipinski definition) is 16. The van der Waals surface area contributed by atoms with E-state index in [4.69, 9.17) is 23.2 Å². The first-order valence-corrected chi connectivity index (χ1v) is 40.2. The third-order valence-corrected chi connectivity index (χ3v) is 20.2. The minimum Gasteiger partial charge on any atom is -0.391 e. The Balaban J connectivity index is 2.05. The van der Waals surface area contributed by atoms with Gasteiger partial charge in [-0.25, -0.2) is 8.42 Å². The molecule has 0 bridgehead atoms. The minimum atomic E-state index is -4.15. The van der Waals surface area contributed by atoms with E-state index in [9.17, 15) is 37.5 Å². The van der Waals surface area contributed by atoms with Crippen molar-refractivity contribution in [3.05, 3.63) is 69.7 Å². The molecular formula is C76H119Cl2N13O16S. The highest BCUT2D eigenvalue weighted by Crippen LogP contribution is 2.24. The summed E-state index contributed by atoms with van der Waals surface area (Å²) < 4.78 is 26.5. The number of benzene rings is 2. The monoisotopic (exact) mass is 1570 g/mol. The number of amides is 13. The topological polar surface area (TPSA) is 380 Å². The molecule has 2 aliphatic heterocycles. The SMILES string of the molecule is CCCCN1CC(=O)N(C)[C@@H](CC(C)C)C(=O)N[C@@H](CCC(=O)NS(C)(=O)=O)C(=O)N(C)[C@@H](Cc2cccc(Cl)c2)C(=O)N[C@@H](C(C)C)C(=O)N[C@H](C(=O)N2CCCCC2)CC(=O)N[C@H](CC(C)C)C(=O)N(C)[C@@H](Cc2cccc(Cl)c2)C(=O)N[C@@H](CC(C)C)C(=O)N(C)[C@@H](CC(C)C)C(=O)N[C@@H]([C@@H](C)O)C1=O. The van der Waals surface area contributed by atoms with Crippen molar-refractivity contribution in [2.75, 3.05) is 60.6 Å². The van der Waals surface area contributed by atoms with Gasteiger partial charge in [0.05, 0.1) is 25.3 Å². The van der Waals surface area contributed by atoms with Gasteiger partial charge in [-0.15, -0.1) is 0 Å². The number of carbonyl (C=O) groups is 13. The lowest BCUT2D eigenvalue weighted by Gasteiger charge is -2.36. The smallest absolute Gasteiger partial charge is 0.248 e. The predicted octanol–water partition coefficient (Wildman–Crippen LogP) is 4.12. The summed E-state index contributed by atoms with van der Waals surface area (Å²) in [5, 5.41) is 28.6. The molecule has 108 heavy (non-hydrogen) atoms. The van der Waals surface area contributed by atoms with E-state index >= 15 is 38.4 Å². The summed E-state index contributed by atoms with van der Waals surface area (Å²) in [7, 11) is 1.13. The van der Waals surface area contributed by atoms with Gasteiger partial charge in [0.2, 0.25) is 86.8 Å². The summed E-state index contributed by atoms with van der Waals surface area (Å²) in [4.78, 5) is 202. The molecule has 2 saturated heterocycles. The highest BCUT2D eigenvalue weighted by Gasteiger charge is 2.43. The summed E-state index contributed by atoms with van der Waals surface area (Å²) in [5.74, 6) is -13.2. The molecule has 604 valence electrons. The molecule has 4 rings (SSSR count). The Labute approximate surface area is 648 Å². The largest absolute Gasteiger partial charge is 0.391 e. The first kappa shape index (κ1) is 92.4. The molecule has 2 fully saturated rings. The van der Waals surface area contributed by atoms with Crippen LogP contribution in [0.1, 0.15) is 171 Å². The number of piperidine rings is 1. The second kappa shape index (κ2) is 43.4. The lowest BCUT2D eigenvalue weighted by molar-refractivity contribution is -0.149. The summed E-state index contributed by atoms with van der Waals surface area (Å²) in [5.41, 5.74) is 0.922. The number of likely N-dealkylation sites (N-methyl/N-ethyl adjacent to an activating group) is 4. The van der Waals surface area contributed by atoms with E-state index in [0.717, 1.165) is 37.2 Å². The molecule has 13 amide bonds. The summed E-state index contributed by atoms with van der Waals surface area (Å²) in [6.07, 6.45) is -0.501. The van der Waals surface area contributed by atoms with Crippen LogP contribution in [-0.2, 0) is 85.2 Å². The Morgan fingerprint density at radius 2 is 0.981 bits per heavy atom. The van der Waals surface area contributed by atoms with Gasteiger partial charge in [-0.2, -0.15) is 0 Å². The highest BCUT2D eigenvalue weighted by molar-refractivity contribution is 7.89. The van der Waals surface area contributed by atoms with Crippen molar-refractivity contribution in [3.8, 4) is 0 Å². The highest BCUT2D eigenvalue weighted by atomic mass is 35.5. The molecule has 2 heterocycles. The van der Waals surface area contributed by atoms with Crippen molar-refractivity contribution in [1.82, 2.24) is 66.0 Å². The van der Waals surface area contributed by atoms with E-state index in [1.54, 1.807) is 97.9 Å². The maximum atomic E-state index is 15.4. The number of nitrogens with zero attached hydrogens (tertiary/aromatic N) is 6. The summed E-state index contributed by atoms with van der Waals surface area (Å²) in [6, 6.07) is -2.16. The number of carbonyl (C=O) groups excluding carboxylic acids is 13. The van der Waals surface area contributed by atoms with Gasteiger partial charge in [0, 0.05) is 77.1 Å². The zero-order valence-electron chi connectivity index (χ0n) is 66.0. The molecule has 0 aliphatic carbocycles. The van der Waals surface area contributed by atoms with Crippen LogP contribution in [-0.4, -0.2) is 247 Å². The molecule has 8 N–H and O–H groups in total. The van der Waals surface area contributed by atoms with Crippen molar-refractivity contribution in [2.24, 2.45) is 29.6 Å². The fourth-order valence-electron chi connectivity index (χ4n) is 13.2. The standard InChI is InChI=1S/C76H119Cl2N13O16S/c1-18-19-31-91-43-64(95)86(13)58(36-46(6)7)67(96)80-54(29-30-62(93)85-108(17,106)107)72(101)88(15)61(41-51-26-24-28-53(78)39-51)70(99)83-65(48(10)11)71(100)82-57(75(104)90-32-21-20-22-33-90)42-63(94)79-55(34-44(2)3)73(102)89(16)60(40-50-25-23-27-52(77)38-50)68(97)81-56(35-45(4)5)74(103)87(14)59(37-47(8)9)69(98)84-66(49(12)92)76(91)105/h23-28,38-39,44-49,54-61,65-66,92H,18-22,29-37,40-43H2,1-17H3,(H,79,94)(H,80,96)(H,81,97)(H,82,100)(H,83,99)(H,84,98)(H,85,93)/t49-,54+,55-,56+,57+,58+,59+,60+,61+,65+,66+/m1/s1. The van der Waals surface area contributed by atoms with Crippen molar-refractivity contribution >= 4 is 110 Å². The third kappa shape index (κ3) is 29.1. The van der Waals surface area contributed by atoms with E-state index in [1.165, 1.54) is 46.1 Å². The number of hydrogen-bond donors (Lipinski definition) is 8. The first-order chi connectivity index (χ1) is 50.4. The lowest BCUT2D eigenvalue weighted by atomic mass is 9.97. The number of likely N-dealkylation sites (tertiary alicyclic amines) is 1. The van der Waals surface area contributed by atoms with Gasteiger partial charge < -0.3 is 66.4 Å². The van der Waals surface area contributed by atoms with Gasteiger partial charge in [-0.05, 0) is 130 Å². The normalized spacial score (nSPS) is 24.0. The van der Waals surface area contributed by atoms with Crippen molar-refractivity contribution in [3.63, 3.8) is 0 Å². The molecule has 2 aliphatic rings. The number of aliphatic hydroxyl groups is 1. The van der Waals surface area contributed by atoms with Gasteiger partial charge in [0.1, 0.15) is 60.4 Å². The van der Waals surface area contributed by atoms with Crippen molar-refractivity contribution < 1.29 is 75.9 Å². The van der Waals surface area contributed by atoms with Crippen LogP contribution in [0.3, 0.4) is 0 Å². The average Bonchev–Trinajstić information content (AvgIpc) is 0.824. The fraction of sp³-hybridized carbons (Fsp3) is 0.671. The summed E-state index contributed by atoms with van der Waals surface area (Å²) >= 11 is 13.0. The molecule has 32 heteroatoms. The Morgan fingerprint density at radius 1 is 0.546 bits per heavy atom. The molecule has 0 radical (unpaired) electrons. The molecule has 11 atom stereocenters. The van der Waals surface area contributed by atoms with Crippen LogP contribution in [0.2, 0.25) is 10.0 Å². The maximum Gasteiger partial charge on any atom is 0.248 e. The minimum absolute atomic E-state index is 0.00285. The zero-order chi connectivity index (χ0) is 81.4. The van der Waals surface area contributed by atoms with E-state index in [2.05, 4.69) is 31.9 Å². The number of rotatable bonds is 22. The van der Waals surface area contributed by atoms with Crippen LogP contribution < -0.4 is 36.6 Å². The Bertz CT molecular complexity index is 3570. The molecule has 2 aromatic carbocycles. The van der Waals surface area contributed by atoms with Gasteiger partial charge in [-0.3, -0.25) is 67.1 Å². The number of sulfonamides is 1. The molecule has 29 nitrogen and oxygen atoms in total. The van der Waals surface area contributed by atoms with Crippen LogP contribution in [0.4, 0.5) is 0 Å². The second-order valence-corrected chi connectivity index (χ2v) is 33.5. The van der Waals surface area contributed by atoms with Crippen LogP contribution >= 0.6 is 23.2 Å². The number of aliphatic hydroxyl groups excluding tert-OH is 1. The molecule has 2 aromatic rings. The number of halogens is 2. The molecule has 0 aromatic heterocycles. The lowest BCUT2D eigenvalue weighted by Crippen LogP contribution is -2.62. The van der Waals surface area contributed by atoms with Crippen LogP contribution in [0.5, 0.6) is 0 Å². The van der Waals surface area contributed by atoms with E-state index in [-0.39, 0.29) is 86.9 Å². The van der Waals surface area contributed by atoms with Gasteiger partial charge in [-0.1, -0.05) is 130 Å². The van der Waals surface area contributed by atoms with Crippen LogP contribution in [0, 0.1) is 29.6 Å².